The first-order valence-electron chi connectivity index (χ1n) is 7.78. The van der Waals surface area contributed by atoms with Crippen LogP contribution in [-0.4, -0.2) is 40.2 Å². The van der Waals surface area contributed by atoms with Crippen molar-refractivity contribution in [3.05, 3.63) is 54.4 Å². The van der Waals surface area contributed by atoms with Gasteiger partial charge in [0.25, 0.3) is 0 Å². The van der Waals surface area contributed by atoms with Gasteiger partial charge in [-0.25, -0.2) is 0 Å². The average molecular weight is 371 g/mol. The van der Waals surface area contributed by atoms with E-state index in [0.717, 1.165) is 13.1 Å². The lowest BCUT2D eigenvalue weighted by Gasteiger charge is -2.17. The van der Waals surface area contributed by atoms with Gasteiger partial charge in [0.15, 0.2) is 0 Å². The summed E-state index contributed by atoms with van der Waals surface area (Å²) in [6, 6.07) is 12.2. The standard InChI is InChI=1S/C17H22N4O.2ClH/c18-11-15-12-20(13-16(15)14-5-2-1-3-6-14)17(22)7-10-21-9-4-8-19-21;;/h1-6,8-9,15-16H,7,10-13,18H2;2*1H/t15-,16+;;/m1../s1. The molecule has 1 fully saturated rings. The van der Waals surface area contributed by atoms with E-state index < -0.39 is 0 Å². The largest absolute Gasteiger partial charge is 0.342 e. The van der Waals surface area contributed by atoms with Crippen molar-refractivity contribution in [2.24, 2.45) is 11.7 Å². The lowest BCUT2D eigenvalue weighted by atomic mass is 9.89. The Hall–Kier alpha value is -1.56. The van der Waals surface area contributed by atoms with Gasteiger partial charge >= 0.3 is 0 Å². The molecule has 0 radical (unpaired) electrons. The maximum Gasteiger partial charge on any atom is 0.224 e. The van der Waals surface area contributed by atoms with Crippen molar-refractivity contribution >= 4 is 30.7 Å². The molecule has 0 bridgehead atoms. The molecule has 132 valence electrons. The number of likely N-dealkylation sites (tertiary alicyclic amines) is 1. The fourth-order valence-electron chi connectivity index (χ4n) is 3.19. The van der Waals surface area contributed by atoms with Crippen molar-refractivity contribution in [2.45, 2.75) is 18.9 Å². The highest BCUT2D eigenvalue weighted by Crippen LogP contribution is 2.32. The Morgan fingerprint density at radius 2 is 1.92 bits per heavy atom. The Morgan fingerprint density at radius 3 is 2.54 bits per heavy atom. The van der Waals surface area contributed by atoms with Crippen molar-refractivity contribution in [3.63, 3.8) is 0 Å². The van der Waals surface area contributed by atoms with Gasteiger partial charge in [-0.05, 0) is 24.1 Å². The first-order chi connectivity index (χ1) is 10.8. The van der Waals surface area contributed by atoms with E-state index in [-0.39, 0.29) is 30.7 Å². The first-order valence-corrected chi connectivity index (χ1v) is 7.78. The summed E-state index contributed by atoms with van der Waals surface area (Å²) in [7, 11) is 0. The molecule has 0 saturated carbocycles. The molecule has 1 saturated heterocycles. The second kappa shape index (κ2) is 9.67. The quantitative estimate of drug-likeness (QED) is 0.877. The van der Waals surface area contributed by atoms with Gasteiger partial charge in [0.1, 0.15) is 0 Å². The predicted molar refractivity (Wildman–Crippen MR) is 99.6 cm³/mol. The Morgan fingerprint density at radius 1 is 1.17 bits per heavy atom. The van der Waals surface area contributed by atoms with E-state index in [1.165, 1.54) is 5.56 Å². The highest BCUT2D eigenvalue weighted by Gasteiger charge is 2.34. The molecule has 0 spiro atoms. The molecule has 3 rings (SSSR count). The van der Waals surface area contributed by atoms with Gasteiger partial charge in [-0.3, -0.25) is 9.48 Å². The Kier molecular flexibility index (Phi) is 8.25. The topological polar surface area (TPSA) is 64.2 Å². The second-order valence-electron chi connectivity index (χ2n) is 5.83. The summed E-state index contributed by atoms with van der Waals surface area (Å²) >= 11 is 0. The van der Waals surface area contributed by atoms with E-state index in [0.29, 0.717) is 31.3 Å². The molecular weight excluding hydrogens is 347 g/mol. The third-order valence-electron chi connectivity index (χ3n) is 4.44. The van der Waals surface area contributed by atoms with Gasteiger partial charge < -0.3 is 10.6 Å². The molecular formula is C17H24Cl2N4O. The molecule has 2 N–H and O–H groups in total. The van der Waals surface area contributed by atoms with Crippen LogP contribution in [0.3, 0.4) is 0 Å². The monoisotopic (exact) mass is 370 g/mol. The minimum atomic E-state index is 0. The summed E-state index contributed by atoms with van der Waals surface area (Å²) in [6.07, 6.45) is 4.10. The second-order valence-corrected chi connectivity index (χ2v) is 5.83. The third-order valence-corrected chi connectivity index (χ3v) is 4.44. The number of carbonyl (C=O) groups excluding carboxylic acids is 1. The lowest BCUT2D eigenvalue weighted by molar-refractivity contribution is -0.130. The lowest BCUT2D eigenvalue weighted by Crippen LogP contribution is -2.30. The van der Waals surface area contributed by atoms with Crippen LogP contribution in [0.5, 0.6) is 0 Å². The zero-order valence-corrected chi connectivity index (χ0v) is 15.1. The summed E-state index contributed by atoms with van der Waals surface area (Å²) in [4.78, 5) is 14.4. The molecule has 1 aromatic carbocycles. The van der Waals surface area contributed by atoms with Crippen LogP contribution in [0.15, 0.2) is 48.8 Å². The Labute approximate surface area is 155 Å². The number of halogens is 2. The van der Waals surface area contributed by atoms with E-state index >= 15 is 0 Å². The molecule has 1 amide bonds. The summed E-state index contributed by atoms with van der Waals surface area (Å²) in [5.41, 5.74) is 7.20. The van der Waals surface area contributed by atoms with E-state index in [1.807, 2.05) is 35.4 Å². The van der Waals surface area contributed by atoms with Gasteiger partial charge in [-0.15, -0.1) is 24.8 Å². The van der Waals surface area contributed by atoms with Crippen molar-refractivity contribution in [1.29, 1.82) is 0 Å². The molecule has 1 aromatic heterocycles. The molecule has 0 unspecified atom stereocenters. The third kappa shape index (κ3) is 4.72. The van der Waals surface area contributed by atoms with Crippen LogP contribution < -0.4 is 5.73 Å². The number of nitrogens with zero attached hydrogens (tertiary/aromatic N) is 3. The van der Waals surface area contributed by atoms with Crippen LogP contribution in [0.25, 0.3) is 0 Å². The maximum absolute atomic E-state index is 12.4. The Bertz CT molecular complexity index is 606. The molecule has 2 heterocycles. The van der Waals surface area contributed by atoms with Gasteiger partial charge in [-0.1, -0.05) is 30.3 Å². The number of benzene rings is 1. The maximum atomic E-state index is 12.4. The van der Waals surface area contributed by atoms with Gasteiger partial charge in [-0.2, -0.15) is 5.10 Å². The smallest absolute Gasteiger partial charge is 0.224 e. The minimum absolute atomic E-state index is 0. The first kappa shape index (κ1) is 20.5. The highest BCUT2D eigenvalue weighted by molar-refractivity contribution is 5.85. The van der Waals surface area contributed by atoms with Crippen LogP contribution >= 0.6 is 24.8 Å². The molecule has 5 nitrogen and oxygen atoms in total. The number of aromatic nitrogens is 2. The summed E-state index contributed by atoms with van der Waals surface area (Å²) in [5, 5.41) is 4.13. The van der Waals surface area contributed by atoms with E-state index in [2.05, 4.69) is 17.2 Å². The molecule has 1 aliphatic heterocycles. The normalized spacial score (nSPS) is 19.5. The molecule has 0 aliphatic carbocycles. The molecule has 2 aromatic rings. The zero-order chi connectivity index (χ0) is 15.4. The SMILES string of the molecule is Cl.Cl.NC[C@@H]1CN(C(=O)CCn2cccn2)C[C@H]1c1ccccc1. The summed E-state index contributed by atoms with van der Waals surface area (Å²) in [6.45, 7) is 2.77. The van der Waals surface area contributed by atoms with Crippen molar-refractivity contribution < 1.29 is 4.79 Å². The molecule has 24 heavy (non-hydrogen) atoms. The van der Waals surface area contributed by atoms with Crippen molar-refractivity contribution in [1.82, 2.24) is 14.7 Å². The van der Waals surface area contributed by atoms with Crippen LogP contribution in [0, 0.1) is 5.92 Å². The number of rotatable bonds is 5. The number of carbonyl (C=O) groups is 1. The summed E-state index contributed by atoms with van der Waals surface area (Å²) < 4.78 is 1.79. The minimum Gasteiger partial charge on any atom is -0.342 e. The molecule has 2 atom stereocenters. The van der Waals surface area contributed by atoms with Gasteiger partial charge in [0.2, 0.25) is 5.91 Å². The van der Waals surface area contributed by atoms with Crippen molar-refractivity contribution in [3.8, 4) is 0 Å². The predicted octanol–water partition coefficient (Wildman–Crippen LogP) is 2.32. The molecule has 1 aliphatic rings. The van der Waals surface area contributed by atoms with Gasteiger partial charge in [0, 0.05) is 44.4 Å². The Balaban J connectivity index is 0.00000144. The number of hydrogen-bond acceptors (Lipinski definition) is 3. The number of hydrogen-bond donors (Lipinski definition) is 1. The molecule has 7 heteroatoms. The van der Waals surface area contributed by atoms with Crippen LogP contribution in [-0.2, 0) is 11.3 Å². The number of amides is 1. The van der Waals surface area contributed by atoms with Crippen LogP contribution in [0.1, 0.15) is 17.9 Å². The van der Waals surface area contributed by atoms with E-state index in [9.17, 15) is 4.79 Å². The van der Waals surface area contributed by atoms with Crippen LogP contribution in [0.4, 0.5) is 0 Å². The van der Waals surface area contributed by atoms with E-state index in [4.69, 9.17) is 5.73 Å². The fraction of sp³-hybridized carbons (Fsp3) is 0.412. The fourth-order valence-corrected chi connectivity index (χ4v) is 3.19. The average Bonchev–Trinajstić information content (AvgIpc) is 3.22. The van der Waals surface area contributed by atoms with Crippen molar-refractivity contribution in [2.75, 3.05) is 19.6 Å². The summed E-state index contributed by atoms with van der Waals surface area (Å²) in [5.74, 6) is 0.878. The number of aryl methyl sites for hydroxylation is 1. The number of nitrogens with two attached hydrogens (primary N) is 1. The zero-order valence-electron chi connectivity index (χ0n) is 13.5. The van der Waals surface area contributed by atoms with Gasteiger partial charge in [0.05, 0.1) is 0 Å². The highest BCUT2D eigenvalue weighted by atomic mass is 35.5. The van der Waals surface area contributed by atoms with Crippen LogP contribution in [0.2, 0.25) is 0 Å². The van der Waals surface area contributed by atoms with E-state index in [1.54, 1.807) is 10.9 Å².